The summed E-state index contributed by atoms with van der Waals surface area (Å²) in [5.41, 5.74) is 3.78. The standard InChI is InChI=1S/C23H24OSi/c1-23(24)21-18-13-9-8-10-16(18)14-15-19(21)20(22(23)25(2,3)4)17-11-6-5-7-12-17/h5-15,24H,1-4H3. The highest BCUT2D eigenvalue weighted by molar-refractivity contribution is 6.84. The maximum absolute atomic E-state index is 11.7. The van der Waals surface area contributed by atoms with Gasteiger partial charge in [0.25, 0.3) is 0 Å². The summed E-state index contributed by atoms with van der Waals surface area (Å²) in [6, 6.07) is 23.3. The molecule has 0 amide bonds. The molecule has 3 aromatic rings. The molecule has 0 saturated heterocycles. The molecule has 1 unspecified atom stereocenters. The zero-order chi connectivity index (χ0) is 17.8. The van der Waals surface area contributed by atoms with Gasteiger partial charge in [0, 0.05) is 5.56 Å². The van der Waals surface area contributed by atoms with E-state index < -0.39 is 13.7 Å². The highest BCUT2D eigenvalue weighted by Crippen LogP contribution is 2.52. The first-order chi connectivity index (χ1) is 11.8. The Labute approximate surface area is 150 Å². The third-order valence-electron chi connectivity index (χ3n) is 5.23. The van der Waals surface area contributed by atoms with Crippen molar-refractivity contribution >= 4 is 24.4 Å². The minimum Gasteiger partial charge on any atom is -0.381 e. The quantitative estimate of drug-likeness (QED) is 0.588. The Bertz CT molecular complexity index is 992. The average molecular weight is 345 g/mol. The molecule has 0 heterocycles. The number of fused-ring (bicyclic) bond motifs is 3. The van der Waals surface area contributed by atoms with Gasteiger partial charge in [-0.2, -0.15) is 0 Å². The van der Waals surface area contributed by atoms with Crippen LogP contribution in [0.5, 0.6) is 0 Å². The predicted octanol–water partition coefficient (Wildman–Crippen LogP) is 5.74. The third kappa shape index (κ3) is 2.40. The molecule has 1 N–H and O–H groups in total. The molecule has 3 aromatic carbocycles. The van der Waals surface area contributed by atoms with Crippen LogP contribution in [0.25, 0.3) is 16.3 Å². The zero-order valence-corrected chi connectivity index (χ0v) is 16.3. The highest BCUT2D eigenvalue weighted by Gasteiger charge is 2.46. The van der Waals surface area contributed by atoms with Crippen molar-refractivity contribution in [2.75, 3.05) is 0 Å². The minimum atomic E-state index is -1.76. The highest BCUT2D eigenvalue weighted by atomic mass is 28.3. The van der Waals surface area contributed by atoms with Crippen LogP contribution in [0, 0.1) is 0 Å². The van der Waals surface area contributed by atoms with E-state index in [1.807, 2.05) is 13.0 Å². The fraction of sp³-hybridized carbons (Fsp3) is 0.217. The molecule has 0 radical (unpaired) electrons. The van der Waals surface area contributed by atoms with Crippen molar-refractivity contribution in [2.24, 2.45) is 0 Å². The van der Waals surface area contributed by atoms with Crippen LogP contribution in [0.2, 0.25) is 19.6 Å². The predicted molar refractivity (Wildman–Crippen MR) is 109 cm³/mol. The van der Waals surface area contributed by atoms with Gasteiger partial charge in [-0.05, 0) is 39.6 Å². The van der Waals surface area contributed by atoms with E-state index in [0.29, 0.717) is 0 Å². The number of hydrogen-bond acceptors (Lipinski definition) is 1. The lowest BCUT2D eigenvalue weighted by molar-refractivity contribution is 0.110. The molecule has 0 aliphatic heterocycles. The first-order valence-corrected chi connectivity index (χ1v) is 12.4. The SMILES string of the molecule is CC1(O)C([Si](C)(C)C)=C(c2ccccc2)c2ccc3ccccc3c21. The van der Waals surface area contributed by atoms with Gasteiger partial charge in [0.1, 0.15) is 5.60 Å². The Morgan fingerprint density at radius 1 is 0.800 bits per heavy atom. The van der Waals surface area contributed by atoms with Gasteiger partial charge >= 0.3 is 0 Å². The van der Waals surface area contributed by atoms with Crippen molar-refractivity contribution in [1.82, 2.24) is 0 Å². The van der Waals surface area contributed by atoms with Gasteiger partial charge in [-0.3, -0.25) is 0 Å². The van der Waals surface area contributed by atoms with E-state index in [4.69, 9.17) is 0 Å². The fourth-order valence-electron chi connectivity index (χ4n) is 4.52. The first kappa shape index (κ1) is 16.3. The number of aliphatic hydroxyl groups is 1. The number of benzene rings is 3. The van der Waals surface area contributed by atoms with Gasteiger partial charge in [0.15, 0.2) is 0 Å². The van der Waals surface area contributed by atoms with Crippen molar-refractivity contribution < 1.29 is 5.11 Å². The second-order valence-electron chi connectivity index (χ2n) is 8.15. The van der Waals surface area contributed by atoms with Crippen LogP contribution in [-0.4, -0.2) is 13.2 Å². The zero-order valence-electron chi connectivity index (χ0n) is 15.3. The summed E-state index contributed by atoms with van der Waals surface area (Å²) >= 11 is 0. The van der Waals surface area contributed by atoms with Crippen molar-refractivity contribution in [3.63, 3.8) is 0 Å². The maximum atomic E-state index is 11.7. The Balaban J connectivity index is 2.14. The maximum Gasteiger partial charge on any atom is 0.106 e. The van der Waals surface area contributed by atoms with E-state index >= 15 is 0 Å². The van der Waals surface area contributed by atoms with E-state index in [0.717, 1.165) is 10.9 Å². The van der Waals surface area contributed by atoms with Crippen molar-refractivity contribution in [3.8, 4) is 0 Å². The van der Waals surface area contributed by atoms with E-state index in [1.54, 1.807) is 0 Å². The molecule has 1 atom stereocenters. The molecule has 4 rings (SSSR count). The molecule has 0 aromatic heterocycles. The molecule has 0 bridgehead atoms. The van der Waals surface area contributed by atoms with Crippen LogP contribution in [0.3, 0.4) is 0 Å². The van der Waals surface area contributed by atoms with Crippen LogP contribution in [0.1, 0.15) is 23.6 Å². The molecule has 1 nitrogen and oxygen atoms in total. The van der Waals surface area contributed by atoms with Crippen molar-refractivity contribution in [3.05, 3.63) is 88.6 Å². The molecule has 25 heavy (non-hydrogen) atoms. The monoisotopic (exact) mass is 344 g/mol. The molecule has 0 spiro atoms. The first-order valence-electron chi connectivity index (χ1n) is 8.87. The lowest BCUT2D eigenvalue weighted by Crippen LogP contribution is -2.37. The van der Waals surface area contributed by atoms with Gasteiger partial charge in [-0.15, -0.1) is 0 Å². The van der Waals surface area contributed by atoms with Crippen LogP contribution in [0.4, 0.5) is 0 Å². The van der Waals surface area contributed by atoms with E-state index in [-0.39, 0.29) is 0 Å². The van der Waals surface area contributed by atoms with Crippen molar-refractivity contribution in [2.45, 2.75) is 32.2 Å². The lowest BCUT2D eigenvalue weighted by Gasteiger charge is -2.32. The van der Waals surface area contributed by atoms with Crippen LogP contribution in [-0.2, 0) is 5.60 Å². The second-order valence-corrected chi connectivity index (χ2v) is 13.1. The van der Waals surface area contributed by atoms with Crippen molar-refractivity contribution in [1.29, 1.82) is 0 Å². The van der Waals surface area contributed by atoms with Gasteiger partial charge < -0.3 is 5.11 Å². The Hall–Kier alpha value is -2.16. The van der Waals surface area contributed by atoms with E-state index in [9.17, 15) is 5.11 Å². The Morgan fingerprint density at radius 3 is 2.12 bits per heavy atom. The van der Waals surface area contributed by atoms with E-state index in [1.165, 1.54) is 27.3 Å². The summed E-state index contributed by atoms with van der Waals surface area (Å²) in [7, 11) is -1.76. The number of rotatable bonds is 2. The van der Waals surface area contributed by atoms with Gasteiger partial charge in [-0.1, -0.05) is 86.4 Å². The van der Waals surface area contributed by atoms with Crippen LogP contribution < -0.4 is 0 Å². The summed E-state index contributed by atoms with van der Waals surface area (Å²) in [6.45, 7) is 8.97. The van der Waals surface area contributed by atoms with Gasteiger partial charge in [-0.25, -0.2) is 0 Å². The smallest absolute Gasteiger partial charge is 0.106 e. The fourth-order valence-corrected chi connectivity index (χ4v) is 7.13. The second kappa shape index (κ2) is 5.42. The summed E-state index contributed by atoms with van der Waals surface area (Å²) < 4.78 is 0. The molecular formula is C23H24OSi. The summed E-state index contributed by atoms with van der Waals surface area (Å²) in [6.07, 6.45) is 0. The van der Waals surface area contributed by atoms with Crippen LogP contribution >= 0.6 is 0 Å². The Kier molecular flexibility index (Phi) is 3.53. The normalized spacial score (nSPS) is 20.2. The third-order valence-corrected chi connectivity index (χ3v) is 7.47. The summed E-state index contributed by atoms with van der Waals surface area (Å²) in [4.78, 5) is 0. The van der Waals surface area contributed by atoms with E-state index in [2.05, 4.69) is 80.3 Å². The largest absolute Gasteiger partial charge is 0.381 e. The Morgan fingerprint density at radius 2 is 1.44 bits per heavy atom. The minimum absolute atomic E-state index is 0.925. The molecule has 0 saturated carbocycles. The average Bonchev–Trinajstić information content (AvgIpc) is 2.83. The molecule has 0 fully saturated rings. The summed E-state index contributed by atoms with van der Waals surface area (Å²) in [5.74, 6) is 0. The molecular weight excluding hydrogens is 320 g/mol. The topological polar surface area (TPSA) is 20.2 Å². The molecule has 126 valence electrons. The number of hydrogen-bond donors (Lipinski definition) is 1. The summed E-state index contributed by atoms with van der Waals surface area (Å²) in [5, 5.41) is 15.3. The molecule has 1 aliphatic rings. The molecule has 2 heteroatoms. The van der Waals surface area contributed by atoms with Gasteiger partial charge in [0.2, 0.25) is 0 Å². The van der Waals surface area contributed by atoms with Crippen LogP contribution in [0.15, 0.2) is 71.9 Å². The lowest BCUT2D eigenvalue weighted by atomic mass is 9.91. The molecule has 1 aliphatic carbocycles. The van der Waals surface area contributed by atoms with Gasteiger partial charge in [0.05, 0.1) is 8.07 Å².